The number of benzene rings is 2. The van der Waals surface area contributed by atoms with Gasteiger partial charge in [-0.3, -0.25) is 4.79 Å². The van der Waals surface area contributed by atoms with E-state index in [2.05, 4.69) is 0 Å². The first-order valence-electron chi connectivity index (χ1n) is 6.13. The van der Waals surface area contributed by atoms with E-state index in [1.54, 1.807) is 7.11 Å². The Bertz CT molecular complexity index is 574. The van der Waals surface area contributed by atoms with Crippen LogP contribution in [0.5, 0.6) is 5.75 Å². The van der Waals surface area contributed by atoms with Crippen molar-refractivity contribution < 1.29 is 9.53 Å². The molecule has 99 valence electrons. The third kappa shape index (κ3) is 3.97. The van der Waals surface area contributed by atoms with E-state index in [9.17, 15) is 4.79 Å². The van der Waals surface area contributed by atoms with E-state index in [0.29, 0.717) is 0 Å². The summed E-state index contributed by atoms with van der Waals surface area (Å²) in [5, 5.41) is 1.04. The Morgan fingerprint density at radius 1 is 1.00 bits per heavy atom. The summed E-state index contributed by atoms with van der Waals surface area (Å²) in [4.78, 5) is 12.4. The number of aryl methyl sites for hydroxylation is 2. The predicted octanol–water partition coefficient (Wildman–Crippen LogP) is 3.08. The van der Waals surface area contributed by atoms with Crippen LogP contribution >= 0.6 is 8.58 Å². The molecule has 0 aliphatic heterocycles. The third-order valence-electron chi connectivity index (χ3n) is 3.06. The van der Waals surface area contributed by atoms with Crippen LogP contribution in [0.25, 0.3) is 0 Å². The second-order valence-corrected chi connectivity index (χ2v) is 5.73. The van der Waals surface area contributed by atoms with Gasteiger partial charge in [-0.15, -0.1) is 0 Å². The quantitative estimate of drug-likeness (QED) is 0.635. The van der Waals surface area contributed by atoms with Crippen LogP contribution in [0, 0.1) is 13.8 Å². The van der Waals surface area contributed by atoms with Gasteiger partial charge in [-0.2, -0.15) is 0 Å². The van der Waals surface area contributed by atoms with Crippen LogP contribution in [0.1, 0.15) is 21.5 Å². The van der Waals surface area contributed by atoms with Crippen LogP contribution in [0.4, 0.5) is 0 Å². The smallest absolute Gasteiger partial charge is 0.186 e. The molecule has 1 radical (unpaired) electrons. The van der Waals surface area contributed by atoms with E-state index in [-0.39, 0.29) is 33.0 Å². The molecule has 0 aromatic heterocycles. The molecule has 1 atom stereocenters. The maximum atomic E-state index is 12.4. The zero-order chi connectivity index (χ0) is 13.8. The fourth-order valence-corrected chi connectivity index (χ4v) is 3.16. The van der Waals surface area contributed by atoms with Gasteiger partial charge in [0.1, 0.15) is 5.75 Å². The van der Waals surface area contributed by atoms with E-state index in [0.717, 1.165) is 27.7 Å². The van der Waals surface area contributed by atoms with Crippen molar-refractivity contribution in [3.05, 3.63) is 59.2 Å². The van der Waals surface area contributed by atoms with Crippen LogP contribution in [-0.2, 0) is 0 Å². The Morgan fingerprint density at radius 2 is 1.55 bits per heavy atom. The first-order valence-corrected chi connectivity index (χ1v) is 7.13. The first-order chi connectivity index (χ1) is 9.11. The minimum atomic E-state index is 0. The van der Waals surface area contributed by atoms with Gasteiger partial charge in [0, 0.05) is 24.4 Å². The van der Waals surface area contributed by atoms with Crippen LogP contribution in [-0.4, -0.2) is 31.5 Å². The van der Waals surface area contributed by atoms with Gasteiger partial charge in [0.15, 0.2) is 5.52 Å². The molecule has 0 aliphatic rings. The number of ether oxygens (including phenoxy) is 1. The number of hydrogen-bond donors (Lipinski definition) is 0. The summed E-state index contributed by atoms with van der Waals surface area (Å²) in [5.41, 5.74) is 3.15. The number of hydrogen-bond acceptors (Lipinski definition) is 2. The van der Waals surface area contributed by atoms with E-state index in [4.69, 9.17) is 4.74 Å². The first kappa shape index (κ1) is 17.0. The van der Waals surface area contributed by atoms with Gasteiger partial charge in [-0.1, -0.05) is 30.3 Å². The van der Waals surface area contributed by atoms with Gasteiger partial charge in [0.05, 0.1) is 7.11 Å². The van der Waals surface area contributed by atoms with Gasteiger partial charge in [0.25, 0.3) is 0 Å². The molecule has 0 aliphatic carbocycles. The Labute approximate surface area is 133 Å². The maximum absolute atomic E-state index is 12.4. The van der Waals surface area contributed by atoms with Crippen molar-refractivity contribution in [3.8, 4) is 5.75 Å². The Morgan fingerprint density at radius 3 is 2.05 bits per heavy atom. The molecule has 0 N–H and O–H groups in total. The number of carbonyl (C=O) groups excluding carboxylic acids is 1. The molecule has 20 heavy (non-hydrogen) atoms. The van der Waals surface area contributed by atoms with Gasteiger partial charge in [-0.25, -0.2) is 0 Å². The van der Waals surface area contributed by atoms with E-state index < -0.39 is 0 Å². The topological polar surface area (TPSA) is 26.3 Å². The van der Waals surface area contributed by atoms with Gasteiger partial charge in [-0.05, 0) is 51.0 Å². The average molecular weight is 279 g/mol. The van der Waals surface area contributed by atoms with Crippen molar-refractivity contribution in [1.82, 2.24) is 0 Å². The van der Waals surface area contributed by atoms with Gasteiger partial charge in [0.2, 0.25) is 0 Å². The molecule has 0 amide bonds. The number of carbonyl (C=O) groups is 1. The molecule has 2 rings (SSSR count). The molecule has 2 aromatic rings. The molecule has 0 fully saturated rings. The average Bonchev–Trinajstić information content (AvgIpc) is 2.39. The maximum Gasteiger partial charge on any atom is 0.186 e. The summed E-state index contributed by atoms with van der Waals surface area (Å²) in [7, 11) is 1.79. The summed E-state index contributed by atoms with van der Waals surface area (Å²) < 4.78 is 5.12. The van der Waals surface area contributed by atoms with Crippen molar-refractivity contribution in [2.24, 2.45) is 0 Å². The second-order valence-electron chi connectivity index (χ2n) is 4.45. The Hall–Kier alpha value is -1.06. The second kappa shape index (κ2) is 7.65. The molecular weight excluding hydrogens is 262 g/mol. The van der Waals surface area contributed by atoms with Crippen LogP contribution in [0.2, 0.25) is 0 Å². The zero-order valence-electron chi connectivity index (χ0n) is 12.4. The monoisotopic (exact) mass is 279 g/mol. The standard InChI is InChI=1S/C16H17O2P.Li/c1-11-5-4-6-12(2)15(11)16(17)19-14-9-7-13(18-3)8-10-14;/h4-10,19H,1-3H3;. The van der Waals surface area contributed by atoms with E-state index in [1.807, 2.05) is 56.3 Å². The van der Waals surface area contributed by atoms with Gasteiger partial charge >= 0.3 is 0 Å². The number of methoxy groups -OCH3 is 1. The van der Waals surface area contributed by atoms with Crippen molar-refractivity contribution in [2.45, 2.75) is 13.8 Å². The normalized spacial score (nSPS) is 10.3. The van der Waals surface area contributed by atoms with Crippen LogP contribution < -0.4 is 10.0 Å². The SMILES string of the molecule is COc1ccc(PC(=O)c2c(C)cccc2C)cc1.[Li]. The number of rotatable bonds is 4. The Balaban J connectivity index is 0.00000200. The van der Waals surface area contributed by atoms with Crippen molar-refractivity contribution >= 4 is 38.3 Å². The van der Waals surface area contributed by atoms with Gasteiger partial charge < -0.3 is 4.74 Å². The van der Waals surface area contributed by atoms with Crippen molar-refractivity contribution in [1.29, 1.82) is 0 Å². The van der Waals surface area contributed by atoms with Crippen LogP contribution in [0.3, 0.4) is 0 Å². The summed E-state index contributed by atoms with van der Waals surface area (Å²) in [6.07, 6.45) is 0. The molecule has 0 heterocycles. The molecule has 2 nitrogen and oxygen atoms in total. The summed E-state index contributed by atoms with van der Waals surface area (Å²) in [5.74, 6) is 0.813. The summed E-state index contributed by atoms with van der Waals surface area (Å²) in [6, 6.07) is 13.6. The fraction of sp³-hybridized carbons (Fsp3) is 0.188. The van der Waals surface area contributed by atoms with E-state index >= 15 is 0 Å². The van der Waals surface area contributed by atoms with Crippen molar-refractivity contribution in [2.75, 3.05) is 7.11 Å². The van der Waals surface area contributed by atoms with Crippen molar-refractivity contribution in [3.63, 3.8) is 0 Å². The third-order valence-corrected chi connectivity index (χ3v) is 4.16. The zero-order valence-corrected chi connectivity index (χ0v) is 13.4. The molecule has 0 saturated carbocycles. The summed E-state index contributed by atoms with van der Waals surface area (Å²) in [6.45, 7) is 3.97. The molecule has 0 saturated heterocycles. The largest absolute Gasteiger partial charge is 0.497 e. The molecule has 0 spiro atoms. The molecular formula is C16H17LiO2P. The minimum absolute atomic E-state index is 0. The van der Waals surface area contributed by atoms with Crippen LogP contribution in [0.15, 0.2) is 42.5 Å². The molecule has 0 bridgehead atoms. The predicted molar refractivity (Wildman–Crippen MR) is 86.9 cm³/mol. The minimum Gasteiger partial charge on any atom is -0.497 e. The molecule has 1 unspecified atom stereocenters. The Kier molecular flexibility index (Phi) is 6.50. The molecule has 2 aromatic carbocycles. The van der Waals surface area contributed by atoms with E-state index in [1.165, 1.54) is 0 Å². The molecule has 4 heteroatoms. The fourth-order valence-electron chi connectivity index (χ4n) is 2.04. The summed E-state index contributed by atoms with van der Waals surface area (Å²) >= 11 is 0.